The molecule has 0 unspecified atom stereocenters. The Bertz CT molecular complexity index is 601. The molecule has 0 fully saturated rings. The first-order chi connectivity index (χ1) is 10.8. The molecule has 0 aliphatic carbocycles. The summed E-state index contributed by atoms with van der Waals surface area (Å²) in [4.78, 5) is 15.7. The van der Waals surface area contributed by atoms with Crippen molar-refractivity contribution < 1.29 is 9.53 Å². The van der Waals surface area contributed by atoms with Crippen molar-refractivity contribution in [3.63, 3.8) is 0 Å². The highest BCUT2D eigenvalue weighted by molar-refractivity contribution is 7.99. The third-order valence-electron chi connectivity index (χ3n) is 3.05. The number of rotatable bonds is 8. The van der Waals surface area contributed by atoms with Gasteiger partial charge in [0.25, 0.3) is 0 Å². The monoisotopic (exact) mass is 320 g/mol. The second-order valence-electron chi connectivity index (χ2n) is 4.65. The second-order valence-corrected chi connectivity index (χ2v) is 5.59. The zero-order chi connectivity index (χ0) is 15.8. The van der Waals surface area contributed by atoms with E-state index >= 15 is 0 Å². The maximum absolute atomic E-state index is 11.7. The van der Waals surface area contributed by atoms with Crippen LogP contribution in [0.2, 0.25) is 0 Å². The van der Waals surface area contributed by atoms with Crippen LogP contribution >= 0.6 is 11.8 Å². The van der Waals surface area contributed by atoms with Crippen molar-refractivity contribution in [2.24, 2.45) is 0 Å². The highest BCUT2D eigenvalue weighted by atomic mass is 32.2. The van der Waals surface area contributed by atoms with Crippen molar-refractivity contribution in [2.45, 2.75) is 38.4 Å². The minimum Gasteiger partial charge on any atom is -0.465 e. The lowest BCUT2D eigenvalue weighted by Crippen LogP contribution is -2.09. The number of nitrogens with zero attached hydrogens (tertiary/aromatic N) is 4. The molecule has 7 heteroatoms. The van der Waals surface area contributed by atoms with Crippen LogP contribution in [-0.2, 0) is 16.1 Å². The van der Waals surface area contributed by atoms with Crippen molar-refractivity contribution in [3.8, 4) is 11.4 Å². The molecule has 0 saturated heterocycles. The molecule has 118 valence electrons. The van der Waals surface area contributed by atoms with Crippen LogP contribution in [0.1, 0.15) is 26.7 Å². The molecule has 0 amide bonds. The van der Waals surface area contributed by atoms with Gasteiger partial charge in [-0.1, -0.05) is 25.1 Å². The molecule has 0 saturated carbocycles. The number of hydrogen-bond donors (Lipinski definition) is 0. The third kappa shape index (κ3) is 4.30. The standard InChI is InChI=1S/C15H20N4O2S/c1-3-5-10-21-13(20)11-22-15-18-17-14(19(15)4-2)12-6-8-16-9-7-12/h6-9H,3-5,10-11H2,1-2H3. The summed E-state index contributed by atoms with van der Waals surface area (Å²) in [5, 5.41) is 9.13. The summed E-state index contributed by atoms with van der Waals surface area (Å²) in [5.74, 6) is 0.819. The van der Waals surface area contributed by atoms with Gasteiger partial charge in [0.15, 0.2) is 11.0 Å². The molecule has 0 aliphatic heterocycles. The van der Waals surface area contributed by atoms with Crippen molar-refractivity contribution in [2.75, 3.05) is 12.4 Å². The summed E-state index contributed by atoms with van der Waals surface area (Å²) in [7, 11) is 0. The van der Waals surface area contributed by atoms with Gasteiger partial charge in [0.05, 0.1) is 12.4 Å². The van der Waals surface area contributed by atoms with Gasteiger partial charge >= 0.3 is 5.97 Å². The molecule has 0 N–H and O–H groups in total. The zero-order valence-corrected chi connectivity index (χ0v) is 13.7. The van der Waals surface area contributed by atoms with E-state index in [2.05, 4.69) is 22.1 Å². The van der Waals surface area contributed by atoms with Crippen LogP contribution in [0.25, 0.3) is 11.4 Å². The fourth-order valence-electron chi connectivity index (χ4n) is 1.89. The molecule has 2 aromatic heterocycles. The molecule has 0 spiro atoms. The Morgan fingerprint density at radius 3 is 2.73 bits per heavy atom. The molecule has 6 nitrogen and oxygen atoms in total. The topological polar surface area (TPSA) is 69.9 Å². The van der Waals surface area contributed by atoms with Gasteiger partial charge in [-0.2, -0.15) is 0 Å². The van der Waals surface area contributed by atoms with Crippen LogP contribution < -0.4 is 0 Å². The van der Waals surface area contributed by atoms with Gasteiger partial charge in [-0.05, 0) is 25.5 Å². The van der Waals surface area contributed by atoms with Gasteiger partial charge < -0.3 is 9.30 Å². The number of thioether (sulfide) groups is 1. The van der Waals surface area contributed by atoms with Crippen molar-refractivity contribution in [1.82, 2.24) is 19.7 Å². The number of carbonyl (C=O) groups excluding carboxylic acids is 1. The van der Waals surface area contributed by atoms with E-state index in [-0.39, 0.29) is 11.7 Å². The largest absolute Gasteiger partial charge is 0.465 e. The average molecular weight is 320 g/mol. The molecule has 22 heavy (non-hydrogen) atoms. The van der Waals surface area contributed by atoms with E-state index in [1.807, 2.05) is 23.6 Å². The number of ether oxygens (including phenoxy) is 1. The van der Waals surface area contributed by atoms with Crippen LogP contribution in [0.5, 0.6) is 0 Å². The average Bonchev–Trinajstić information content (AvgIpc) is 2.97. The van der Waals surface area contributed by atoms with E-state index in [1.165, 1.54) is 11.8 Å². The number of esters is 1. The predicted molar refractivity (Wildman–Crippen MR) is 85.5 cm³/mol. The molecule has 0 aliphatic rings. The highest BCUT2D eigenvalue weighted by Gasteiger charge is 2.14. The number of hydrogen-bond acceptors (Lipinski definition) is 6. The van der Waals surface area contributed by atoms with Gasteiger partial charge in [-0.3, -0.25) is 9.78 Å². The summed E-state index contributed by atoms with van der Waals surface area (Å²) in [6, 6.07) is 3.78. The lowest BCUT2D eigenvalue weighted by molar-refractivity contribution is -0.140. The molecule has 0 atom stereocenters. The van der Waals surface area contributed by atoms with Crippen molar-refractivity contribution >= 4 is 17.7 Å². The molecule has 2 rings (SSSR count). The van der Waals surface area contributed by atoms with Crippen molar-refractivity contribution in [3.05, 3.63) is 24.5 Å². The Kier molecular flexibility index (Phi) is 6.39. The van der Waals surface area contributed by atoms with Gasteiger partial charge in [-0.25, -0.2) is 0 Å². The maximum atomic E-state index is 11.7. The Morgan fingerprint density at radius 2 is 2.05 bits per heavy atom. The SMILES string of the molecule is CCCCOC(=O)CSc1nnc(-c2ccncc2)n1CC. The minimum absolute atomic E-state index is 0.213. The minimum atomic E-state index is -0.213. The summed E-state index contributed by atoms with van der Waals surface area (Å²) in [5.41, 5.74) is 0.960. The van der Waals surface area contributed by atoms with Crippen LogP contribution in [0.15, 0.2) is 29.7 Å². The highest BCUT2D eigenvalue weighted by Crippen LogP contribution is 2.23. The fraction of sp³-hybridized carbons (Fsp3) is 0.467. The number of carbonyl (C=O) groups is 1. The molecule has 0 aromatic carbocycles. The molecule has 0 bridgehead atoms. The van der Waals surface area contributed by atoms with Gasteiger partial charge in [-0.15, -0.1) is 10.2 Å². The normalized spacial score (nSPS) is 10.6. The molecule has 2 heterocycles. The lowest BCUT2D eigenvalue weighted by Gasteiger charge is -2.07. The predicted octanol–water partition coefficient (Wildman–Crippen LogP) is 2.80. The Labute approximate surface area is 134 Å². The fourth-order valence-corrected chi connectivity index (χ4v) is 2.69. The van der Waals surface area contributed by atoms with Crippen LogP contribution in [0.4, 0.5) is 0 Å². The van der Waals surface area contributed by atoms with E-state index in [1.54, 1.807) is 12.4 Å². The number of aromatic nitrogens is 4. The van der Waals surface area contributed by atoms with E-state index in [0.29, 0.717) is 6.61 Å². The van der Waals surface area contributed by atoms with Crippen LogP contribution in [0.3, 0.4) is 0 Å². The van der Waals surface area contributed by atoms with Crippen LogP contribution in [0, 0.1) is 0 Å². The quantitative estimate of drug-likeness (QED) is 0.423. The van der Waals surface area contributed by atoms with E-state index < -0.39 is 0 Å². The van der Waals surface area contributed by atoms with Gasteiger partial charge in [0, 0.05) is 24.5 Å². The lowest BCUT2D eigenvalue weighted by atomic mass is 10.2. The first-order valence-electron chi connectivity index (χ1n) is 7.38. The van der Waals surface area contributed by atoms with Gasteiger partial charge in [0.2, 0.25) is 0 Å². The first-order valence-corrected chi connectivity index (χ1v) is 8.36. The second kappa shape index (κ2) is 8.53. The number of pyridine rings is 1. The Hall–Kier alpha value is -1.89. The number of unbranched alkanes of at least 4 members (excludes halogenated alkanes) is 1. The van der Waals surface area contributed by atoms with Gasteiger partial charge in [0.1, 0.15) is 0 Å². The summed E-state index contributed by atoms with van der Waals surface area (Å²) < 4.78 is 7.13. The zero-order valence-electron chi connectivity index (χ0n) is 12.9. The molecular weight excluding hydrogens is 300 g/mol. The molecule has 0 radical (unpaired) electrons. The first kappa shape index (κ1) is 16.5. The van der Waals surface area contributed by atoms with E-state index in [9.17, 15) is 4.79 Å². The Morgan fingerprint density at radius 1 is 1.27 bits per heavy atom. The smallest absolute Gasteiger partial charge is 0.316 e. The third-order valence-corrected chi connectivity index (χ3v) is 3.99. The van der Waals surface area contributed by atoms with E-state index in [4.69, 9.17) is 4.74 Å². The summed E-state index contributed by atoms with van der Waals surface area (Å²) in [6.07, 6.45) is 5.36. The molecule has 2 aromatic rings. The maximum Gasteiger partial charge on any atom is 0.316 e. The summed E-state index contributed by atoms with van der Waals surface area (Å²) in [6.45, 7) is 5.31. The molecular formula is C15H20N4O2S. The Balaban J connectivity index is 2.00. The van der Waals surface area contributed by atoms with Crippen molar-refractivity contribution in [1.29, 1.82) is 0 Å². The van der Waals surface area contributed by atoms with Crippen LogP contribution in [-0.4, -0.2) is 38.1 Å². The van der Waals surface area contributed by atoms with E-state index in [0.717, 1.165) is 35.9 Å². The summed E-state index contributed by atoms with van der Waals surface area (Å²) >= 11 is 1.35.